The van der Waals surface area contributed by atoms with E-state index in [1.165, 1.54) is 0 Å². The van der Waals surface area contributed by atoms with Crippen LogP contribution in [0.5, 0.6) is 0 Å². The first-order valence-electron chi connectivity index (χ1n) is 6.75. The van der Waals surface area contributed by atoms with Crippen molar-refractivity contribution in [1.29, 1.82) is 0 Å². The van der Waals surface area contributed by atoms with Crippen LogP contribution in [0.4, 0.5) is 0 Å². The van der Waals surface area contributed by atoms with Crippen LogP contribution in [-0.4, -0.2) is 25.8 Å². The van der Waals surface area contributed by atoms with Crippen LogP contribution in [0.15, 0.2) is 23.1 Å². The molecule has 0 radical (unpaired) electrons. The zero-order valence-corrected chi connectivity index (χ0v) is 12.4. The summed E-state index contributed by atoms with van der Waals surface area (Å²) >= 11 is 0. The van der Waals surface area contributed by atoms with Crippen molar-refractivity contribution < 1.29 is 8.42 Å². The predicted molar refractivity (Wildman–Crippen MR) is 76.2 cm³/mol. The minimum Gasteiger partial charge on any atom is -0.326 e. The molecule has 0 amide bonds. The summed E-state index contributed by atoms with van der Waals surface area (Å²) in [6.07, 6.45) is 2.05. The molecule has 19 heavy (non-hydrogen) atoms. The molecule has 1 aliphatic heterocycles. The minimum atomic E-state index is -3.38. The molecule has 0 saturated carbocycles. The van der Waals surface area contributed by atoms with E-state index in [9.17, 15) is 8.42 Å². The van der Waals surface area contributed by atoms with Gasteiger partial charge in [-0.05, 0) is 42.9 Å². The molecule has 1 atom stereocenters. The van der Waals surface area contributed by atoms with Crippen LogP contribution < -0.4 is 5.73 Å². The zero-order valence-electron chi connectivity index (χ0n) is 11.6. The normalized spacial score (nSPS) is 21.5. The van der Waals surface area contributed by atoms with Gasteiger partial charge in [0.15, 0.2) is 0 Å². The number of hydrogen-bond donors (Lipinski definition) is 1. The van der Waals surface area contributed by atoms with E-state index in [0.29, 0.717) is 30.4 Å². The number of hydrogen-bond acceptors (Lipinski definition) is 3. The highest BCUT2D eigenvalue weighted by molar-refractivity contribution is 7.89. The Labute approximate surface area is 115 Å². The Balaban J connectivity index is 2.38. The van der Waals surface area contributed by atoms with Gasteiger partial charge < -0.3 is 5.73 Å². The van der Waals surface area contributed by atoms with Gasteiger partial charge >= 0.3 is 0 Å². The lowest BCUT2D eigenvalue weighted by Gasteiger charge is -2.30. The molecule has 4 nitrogen and oxygen atoms in total. The fourth-order valence-corrected chi connectivity index (χ4v) is 4.43. The van der Waals surface area contributed by atoms with Crippen molar-refractivity contribution in [2.24, 2.45) is 11.7 Å². The topological polar surface area (TPSA) is 63.4 Å². The molecule has 1 aromatic rings. The molecule has 1 fully saturated rings. The molecule has 5 heteroatoms. The van der Waals surface area contributed by atoms with Crippen LogP contribution in [-0.2, 0) is 16.6 Å². The first-order chi connectivity index (χ1) is 8.95. The second kappa shape index (κ2) is 5.61. The van der Waals surface area contributed by atoms with Crippen LogP contribution in [0.25, 0.3) is 0 Å². The lowest BCUT2D eigenvalue weighted by molar-refractivity contribution is 0.281. The molecular formula is C14H22N2O2S. The number of rotatable bonds is 3. The lowest BCUT2D eigenvalue weighted by atomic mass is 10.0. The Bertz CT molecular complexity index is 555. The summed E-state index contributed by atoms with van der Waals surface area (Å²) in [4.78, 5) is 0.407. The van der Waals surface area contributed by atoms with Crippen molar-refractivity contribution in [3.8, 4) is 0 Å². The molecule has 106 valence electrons. The van der Waals surface area contributed by atoms with Crippen LogP contribution >= 0.6 is 0 Å². The quantitative estimate of drug-likeness (QED) is 0.920. The number of sulfonamides is 1. The molecular weight excluding hydrogens is 260 g/mol. The highest BCUT2D eigenvalue weighted by Crippen LogP contribution is 2.26. The Morgan fingerprint density at radius 3 is 2.79 bits per heavy atom. The maximum atomic E-state index is 12.7. The second-order valence-corrected chi connectivity index (χ2v) is 7.32. The zero-order chi connectivity index (χ0) is 14.0. The van der Waals surface area contributed by atoms with E-state index in [2.05, 4.69) is 6.92 Å². The van der Waals surface area contributed by atoms with Crippen molar-refractivity contribution >= 4 is 10.0 Å². The first kappa shape index (κ1) is 14.5. The fraction of sp³-hybridized carbons (Fsp3) is 0.571. The molecule has 1 saturated heterocycles. The van der Waals surface area contributed by atoms with Crippen LogP contribution in [0.2, 0.25) is 0 Å². The van der Waals surface area contributed by atoms with Gasteiger partial charge in [-0.25, -0.2) is 8.42 Å². The summed E-state index contributed by atoms with van der Waals surface area (Å²) in [7, 11) is -3.38. The third-order valence-corrected chi connectivity index (χ3v) is 5.73. The molecule has 0 aromatic heterocycles. The van der Waals surface area contributed by atoms with Crippen molar-refractivity contribution in [2.45, 2.75) is 38.1 Å². The number of nitrogens with two attached hydrogens (primary N) is 1. The SMILES string of the molecule is Cc1ccc(CN)cc1S(=O)(=O)N1CCCC(C)C1. The van der Waals surface area contributed by atoms with E-state index in [4.69, 9.17) is 5.73 Å². The predicted octanol–water partition coefficient (Wildman–Crippen LogP) is 1.87. The Morgan fingerprint density at radius 1 is 1.42 bits per heavy atom. The fourth-order valence-electron chi connectivity index (χ4n) is 2.55. The van der Waals surface area contributed by atoms with Crippen molar-refractivity contribution in [3.63, 3.8) is 0 Å². The maximum absolute atomic E-state index is 12.7. The minimum absolute atomic E-state index is 0.360. The van der Waals surface area contributed by atoms with Gasteiger partial charge in [0.1, 0.15) is 0 Å². The molecule has 1 aliphatic rings. The molecule has 2 N–H and O–H groups in total. The van der Waals surface area contributed by atoms with Crippen molar-refractivity contribution in [1.82, 2.24) is 4.31 Å². The molecule has 2 rings (SSSR count). The van der Waals surface area contributed by atoms with Crippen LogP contribution in [0, 0.1) is 12.8 Å². The third-order valence-electron chi connectivity index (χ3n) is 3.73. The van der Waals surface area contributed by atoms with E-state index in [1.807, 2.05) is 19.1 Å². The largest absolute Gasteiger partial charge is 0.326 e. The first-order valence-corrected chi connectivity index (χ1v) is 8.19. The third kappa shape index (κ3) is 2.99. The number of benzene rings is 1. The smallest absolute Gasteiger partial charge is 0.243 e. The van der Waals surface area contributed by atoms with Gasteiger partial charge in [-0.2, -0.15) is 4.31 Å². The van der Waals surface area contributed by atoms with E-state index < -0.39 is 10.0 Å². The number of nitrogens with zero attached hydrogens (tertiary/aromatic N) is 1. The molecule has 1 unspecified atom stereocenters. The van der Waals surface area contributed by atoms with Gasteiger partial charge in [-0.1, -0.05) is 19.1 Å². The van der Waals surface area contributed by atoms with Crippen LogP contribution in [0.1, 0.15) is 30.9 Å². The summed E-state index contributed by atoms with van der Waals surface area (Å²) in [5.41, 5.74) is 7.25. The van der Waals surface area contributed by atoms with Crippen molar-refractivity contribution in [3.05, 3.63) is 29.3 Å². The van der Waals surface area contributed by atoms with Gasteiger partial charge in [-0.3, -0.25) is 0 Å². The van der Waals surface area contributed by atoms with Gasteiger partial charge in [0.05, 0.1) is 4.90 Å². The average Bonchev–Trinajstić information content (AvgIpc) is 2.39. The standard InChI is InChI=1S/C14H22N2O2S/c1-11-4-3-7-16(10-11)19(17,18)14-8-13(9-15)6-5-12(14)2/h5-6,8,11H,3-4,7,9-10,15H2,1-2H3. The highest BCUT2D eigenvalue weighted by Gasteiger charge is 2.29. The summed E-state index contributed by atoms with van der Waals surface area (Å²) in [6.45, 7) is 5.54. The van der Waals surface area contributed by atoms with Crippen molar-refractivity contribution in [2.75, 3.05) is 13.1 Å². The summed E-state index contributed by atoms with van der Waals surface area (Å²) < 4.78 is 27.0. The molecule has 1 aromatic carbocycles. The summed E-state index contributed by atoms with van der Waals surface area (Å²) in [6, 6.07) is 5.43. The molecule has 0 spiro atoms. The van der Waals surface area contributed by atoms with E-state index in [-0.39, 0.29) is 0 Å². The van der Waals surface area contributed by atoms with Gasteiger partial charge in [-0.15, -0.1) is 0 Å². The molecule has 1 heterocycles. The monoisotopic (exact) mass is 282 g/mol. The van der Waals surface area contributed by atoms with Gasteiger partial charge in [0.25, 0.3) is 0 Å². The number of piperidine rings is 1. The van der Waals surface area contributed by atoms with E-state index in [0.717, 1.165) is 24.0 Å². The summed E-state index contributed by atoms with van der Waals surface area (Å²) in [5, 5.41) is 0. The molecule has 0 bridgehead atoms. The number of aryl methyl sites for hydroxylation is 1. The van der Waals surface area contributed by atoms with Crippen LogP contribution in [0.3, 0.4) is 0 Å². The van der Waals surface area contributed by atoms with Gasteiger partial charge in [0, 0.05) is 19.6 Å². The lowest BCUT2D eigenvalue weighted by Crippen LogP contribution is -2.39. The Morgan fingerprint density at radius 2 is 2.16 bits per heavy atom. The van der Waals surface area contributed by atoms with E-state index >= 15 is 0 Å². The maximum Gasteiger partial charge on any atom is 0.243 e. The Kier molecular flexibility index (Phi) is 4.28. The Hall–Kier alpha value is -0.910. The summed E-state index contributed by atoms with van der Waals surface area (Å²) in [5.74, 6) is 0.432. The van der Waals surface area contributed by atoms with Gasteiger partial charge in [0.2, 0.25) is 10.0 Å². The highest BCUT2D eigenvalue weighted by atomic mass is 32.2. The second-order valence-electron chi connectivity index (χ2n) is 5.41. The van der Waals surface area contributed by atoms with E-state index in [1.54, 1.807) is 10.4 Å². The average molecular weight is 282 g/mol. The molecule has 0 aliphatic carbocycles.